The Bertz CT molecular complexity index is 395. The second kappa shape index (κ2) is 6.60. The Morgan fingerprint density at radius 1 is 1.53 bits per heavy atom. The molecule has 0 radical (unpaired) electrons. The highest BCUT2D eigenvalue weighted by molar-refractivity contribution is 6.31. The molecule has 1 aromatic carbocycles. The van der Waals surface area contributed by atoms with Crippen LogP contribution >= 0.6 is 11.6 Å². The first kappa shape index (κ1) is 14.0. The van der Waals surface area contributed by atoms with Gasteiger partial charge in [0.1, 0.15) is 5.82 Å². The normalized spacial score (nSPS) is 12.2. The zero-order valence-corrected chi connectivity index (χ0v) is 10.9. The number of anilines is 1. The molecule has 1 rings (SSSR count). The molecule has 0 fully saturated rings. The zero-order valence-electron chi connectivity index (χ0n) is 10.1. The van der Waals surface area contributed by atoms with Gasteiger partial charge < -0.3 is 5.32 Å². The van der Waals surface area contributed by atoms with E-state index in [1.54, 1.807) is 0 Å². The zero-order chi connectivity index (χ0) is 12.8. The van der Waals surface area contributed by atoms with Gasteiger partial charge in [-0.2, -0.15) is 0 Å². The van der Waals surface area contributed by atoms with E-state index in [9.17, 15) is 9.18 Å². The lowest BCUT2D eigenvalue weighted by Crippen LogP contribution is -2.15. The van der Waals surface area contributed by atoms with Crippen LogP contribution in [0.25, 0.3) is 0 Å². The van der Waals surface area contributed by atoms with E-state index >= 15 is 0 Å². The van der Waals surface area contributed by atoms with Crippen molar-refractivity contribution in [1.29, 1.82) is 0 Å². The van der Waals surface area contributed by atoms with E-state index in [-0.39, 0.29) is 10.9 Å². The Kier molecular flexibility index (Phi) is 5.42. The van der Waals surface area contributed by atoms with Gasteiger partial charge in [-0.05, 0) is 24.1 Å². The maximum absolute atomic E-state index is 12.9. The average Bonchev–Trinajstić information content (AvgIpc) is 2.23. The molecule has 0 saturated heterocycles. The van der Waals surface area contributed by atoms with Crippen molar-refractivity contribution in [3.8, 4) is 0 Å². The molecular weight excluding hydrogens is 241 g/mol. The van der Waals surface area contributed by atoms with Crippen LogP contribution in [0.4, 0.5) is 10.1 Å². The second-order valence-electron chi connectivity index (χ2n) is 4.28. The number of halogens is 2. The number of carbonyl (C=O) groups is 1. The molecule has 0 aliphatic carbocycles. The summed E-state index contributed by atoms with van der Waals surface area (Å²) in [5.74, 6) is -0.187. The molecule has 0 aromatic heterocycles. The fraction of sp³-hybridized carbons (Fsp3) is 0.462. The molecule has 2 nitrogen and oxygen atoms in total. The molecule has 4 heteroatoms. The van der Waals surface area contributed by atoms with E-state index in [2.05, 4.69) is 12.2 Å². The van der Waals surface area contributed by atoms with Crippen molar-refractivity contribution in [2.75, 3.05) is 5.32 Å². The minimum atomic E-state index is -0.482. The monoisotopic (exact) mass is 257 g/mol. The van der Waals surface area contributed by atoms with Crippen LogP contribution in [-0.4, -0.2) is 5.91 Å². The lowest BCUT2D eigenvalue weighted by Gasteiger charge is -2.10. The SMILES string of the molecule is CCCC(C)CC(=O)Nc1ccc(F)c(Cl)c1. The summed E-state index contributed by atoms with van der Waals surface area (Å²) < 4.78 is 12.9. The van der Waals surface area contributed by atoms with E-state index in [1.807, 2.05) is 6.92 Å². The number of hydrogen-bond donors (Lipinski definition) is 1. The van der Waals surface area contributed by atoms with Gasteiger partial charge in [0.25, 0.3) is 0 Å². The van der Waals surface area contributed by atoms with E-state index in [0.29, 0.717) is 18.0 Å². The lowest BCUT2D eigenvalue weighted by molar-refractivity contribution is -0.117. The van der Waals surface area contributed by atoms with Crippen LogP contribution < -0.4 is 5.32 Å². The van der Waals surface area contributed by atoms with Crippen molar-refractivity contribution in [3.05, 3.63) is 29.0 Å². The molecule has 0 bridgehead atoms. The van der Waals surface area contributed by atoms with Gasteiger partial charge in [-0.25, -0.2) is 4.39 Å². The Balaban J connectivity index is 2.53. The molecule has 1 aromatic rings. The van der Waals surface area contributed by atoms with Gasteiger partial charge in [0.2, 0.25) is 5.91 Å². The van der Waals surface area contributed by atoms with Crippen molar-refractivity contribution < 1.29 is 9.18 Å². The second-order valence-corrected chi connectivity index (χ2v) is 4.68. The van der Waals surface area contributed by atoms with Gasteiger partial charge in [0.15, 0.2) is 0 Å². The molecule has 17 heavy (non-hydrogen) atoms. The van der Waals surface area contributed by atoms with E-state index in [4.69, 9.17) is 11.6 Å². The summed E-state index contributed by atoms with van der Waals surface area (Å²) in [6, 6.07) is 4.16. The average molecular weight is 258 g/mol. The van der Waals surface area contributed by atoms with Crippen molar-refractivity contribution in [1.82, 2.24) is 0 Å². The summed E-state index contributed by atoms with van der Waals surface area (Å²) in [7, 11) is 0. The highest BCUT2D eigenvalue weighted by Crippen LogP contribution is 2.20. The third kappa shape index (κ3) is 4.73. The van der Waals surface area contributed by atoms with Crippen molar-refractivity contribution >= 4 is 23.2 Å². The quantitative estimate of drug-likeness (QED) is 0.840. The summed E-state index contributed by atoms with van der Waals surface area (Å²) in [4.78, 5) is 11.6. The Morgan fingerprint density at radius 3 is 2.82 bits per heavy atom. The van der Waals surface area contributed by atoms with Gasteiger partial charge in [-0.15, -0.1) is 0 Å². The largest absolute Gasteiger partial charge is 0.326 e. The number of hydrogen-bond acceptors (Lipinski definition) is 1. The molecule has 0 heterocycles. The summed E-state index contributed by atoms with van der Waals surface area (Å²) in [5.41, 5.74) is 0.532. The van der Waals surface area contributed by atoms with Crippen molar-refractivity contribution in [2.45, 2.75) is 33.1 Å². The highest BCUT2D eigenvalue weighted by atomic mass is 35.5. The van der Waals surface area contributed by atoms with Gasteiger partial charge in [-0.1, -0.05) is 38.3 Å². The number of carbonyl (C=O) groups excluding carboxylic acids is 1. The van der Waals surface area contributed by atoms with E-state index < -0.39 is 5.82 Å². The number of nitrogens with one attached hydrogen (secondary N) is 1. The Morgan fingerprint density at radius 2 is 2.24 bits per heavy atom. The smallest absolute Gasteiger partial charge is 0.224 e. The topological polar surface area (TPSA) is 29.1 Å². The summed E-state index contributed by atoms with van der Waals surface area (Å²) in [6.45, 7) is 4.13. The number of benzene rings is 1. The molecule has 1 N–H and O–H groups in total. The van der Waals surface area contributed by atoms with Crippen LogP contribution in [0, 0.1) is 11.7 Å². The number of amides is 1. The standard InChI is InChI=1S/C13H17ClFNO/c1-3-4-9(2)7-13(17)16-10-5-6-12(15)11(14)8-10/h5-6,8-9H,3-4,7H2,1-2H3,(H,16,17). The highest BCUT2D eigenvalue weighted by Gasteiger charge is 2.09. The minimum Gasteiger partial charge on any atom is -0.326 e. The number of rotatable bonds is 5. The molecule has 1 atom stereocenters. The van der Waals surface area contributed by atoms with Gasteiger partial charge >= 0.3 is 0 Å². The van der Waals surface area contributed by atoms with Crippen LogP contribution in [0.2, 0.25) is 5.02 Å². The van der Waals surface area contributed by atoms with E-state index in [0.717, 1.165) is 12.8 Å². The fourth-order valence-corrected chi connectivity index (χ4v) is 1.88. The van der Waals surface area contributed by atoms with Gasteiger partial charge in [-0.3, -0.25) is 4.79 Å². The first-order valence-electron chi connectivity index (χ1n) is 5.77. The predicted octanol–water partition coefficient (Wildman–Crippen LogP) is 4.24. The first-order valence-corrected chi connectivity index (χ1v) is 6.15. The summed E-state index contributed by atoms with van der Waals surface area (Å²) >= 11 is 5.63. The van der Waals surface area contributed by atoms with Crippen molar-refractivity contribution in [2.24, 2.45) is 5.92 Å². The Hall–Kier alpha value is -1.09. The van der Waals surface area contributed by atoms with Crippen LogP contribution in [0.1, 0.15) is 33.1 Å². The molecule has 0 saturated carbocycles. The predicted molar refractivity (Wildman–Crippen MR) is 68.7 cm³/mol. The summed E-state index contributed by atoms with van der Waals surface area (Å²) in [5, 5.41) is 2.73. The van der Waals surface area contributed by atoms with Crippen LogP contribution in [-0.2, 0) is 4.79 Å². The van der Waals surface area contributed by atoms with E-state index in [1.165, 1.54) is 18.2 Å². The molecule has 1 amide bonds. The molecular formula is C13H17ClFNO. The minimum absolute atomic E-state index is 0.0180. The van der Waals surface area contributed by atoms with Crippen LogP contribution in [0.3, 0.4) is 0 Å². The molecule has 1 unspecified atom stereocenters. The summed E-state index contributed by atoms with van der Waals surface area (Å²) in [6.07, 6.45) is 2.57. The maximum Gasteiger partial charge on any atom is 0.224 e. The van der Waals surface area contributed by atoms with Gasteiger partial charge in [0, 0.05) is 12.1 Å². The van der Waals surface area contributed by atoms with Crippen molar-refractivity contribution in [3.63, 3.8) is 0 Å². The molecule has 94 valence electrons. The molecule has 0 aliphatic rings. The first-order chi connectivity index (χ1) is 8.02. The third-order valence-electron chi connectivity index (χ3n) is 2.52. The maximum atomic E-state index is 12.9. The van der Waals surface area contributed by atoms with Gasteiger partial charge in [0.05, 0.1) is 5.02 Å². The Labute approximate surface area is 106 Å². The van der Waals surface area contributed by atoms with Crippen LogP contribution in [0.15, 0.2) is 18.2 Å². The lowest BCUT2D eigenvalue weighted by atomic mass is 10.0. The molecule has 0 spiro atoms. The van der Waals surface area contributed by atoms with Crippen LogP contribution in [0.5, 0.6) is 0 Å². The fourth-order valence-electron chi connectivity index (χ4n) is 1.70. The third-order valence-corrected chi connectivity index (χ3v) is 2.81. The molecule has 0 aliphatic heterocycles.